The first kappa shape index (κ1) is 19.4. The third kappa shape index (κ3) is 4.46. The molecular weight excluding hydrogens is 358 g/mol. The Morgan fingerprint density at radius 3 is 2.54 bits per heavy atom. The molecule has 146 valence electrons. The number of hydrogen-bond acceptors (Lipinski definition) is 5. The van der Waals surface area contributed by atoms with Crippen molar-refractivity contribution in [2.75, 3.05) is 14.2 Å². The van der Waals surface area contributed by atoms with E-state index in [9.17, 15) is 4.79 Å². The van der Waals surface area contributed by atoms with Crippen molar-refractivity contribution in [3.8, 4) is 17.2 Å². The lowest BCUT2D eigenvalue weighted by molar-refractivity contribution is 0.0908. The van der Waals surface area contributed by atoms with Crippen molar-refractivity contribution >= 4 is 5.91 Å². The molecule has 0 fully saturated rings. The number of nitrogens with one attached hydrogen (secondary N) is 1. The topological polar surface area (TPSA) is 69.9 Å². The van der Waals surface area contributed by atoms with Gasteiger partial charge >= 0.3 is 0 Å². The molecule has 1 amide bonds. The molecule has 1 aromatic heterocycles. The molecule has 0 saturated carbocycles. The molecule has 2 aromatic carbocycles. The molecule has 28 heavy (non-hydrogen) atoms. The van der Waals surface area contributed by atoms with Crippen LogP contribution in [0.2, 0.25) is 0 Å². The lowest BCUT2D eigenvalue weighted by Crippen LogP contribution is -2.27. The highest BCUT2D eigenvalue weighted by molar-refractivity contribution is 5.93. The van der Waals surface area contributed by atoms with Gasteiger partial charge in [0.25, 0.3) is 5.91 Å². The zero-order valence-corrected chi connectivity index (χ0v) is 16.1. The highest BCUT2D eigenvalue weighted by atomic mass is 16.5. The van der Waals surface area contributed by atoms with E-state index in [1.807, 2.05) is 55.5 Å². The second-order valence-electron chi connectivity index (χ2n) is 6.18. The maximum atomic E-state index is 12.7. The average molecular weight is 381 g/mol. The number of rotatable bonds is 8. The Hall–Kier alpha value is -3.41. The zero-order chi connectivity index (χ0) is 19.9. The standard InChI is InChI=1S/C22H23NO5/c1-15(19-13-18(25-2)9-10-20(19)26-3)23-22(24)21-16(11-12-27-21)14-28-17-7-5-4-6-8-17/h4-13,15H,14H2,1-3H3,(H,23,24)/t15-/m1/s1. The normalized spacial score (nSPS) is 11.5. The summed E-state index contributed by atoms with van der Waals surface area (Å²) < 4.78 is 21.8. The Labute approximate surface area is 164 Å². The summed E-state index contributed by atoms with van der Waals surface area (Å²) >= 11 is 0. The summed E-state index contributed by atoms with van der Waals surface area (Å²) in [7, 11) is 3.18. The van der Waals surface area contributed by atoms with E-state index in [2.05, 4.69) is 5.32 Å². The number of carbonyl (C=O) groups excluding carboxylic acids is 1. The lowest BCUT2D eigenvalue weighted by Gasteiger charge is -2.18. The number of carbonyl (C=O) groups is 1. The minimum absolute atomic E-state index is 0.227. The summed E-state index contributed by atoms with van der Waals surface area (Å²) in [5.74, 6) is 1.98. The van der Waals surface area contributed by atoms with Gasteiger partial charge in [0.1, 0.15) is 23.9 Å². The van der Waals surface area contributed by atoms with Crippen LogP contribution in [0, 0.1) is 0 Å². The smallest absolute Gasteiger partial charge is 0.287 e. The van der Waals surface area contributed by atoms with Crippen LogP contribution in [0.5, 0.6) is 17.2 Å². The number of furan rings is 1. The van der Waals surface area contributed by atoms with Gasteiger partial charge in [-0.2, -0.15) is 0 Å². The van der Waals surface area contributed by atoms with E-state index in [1.54, 1.807) is 20.3 Å². The summed E-state index contributed by atoms with van der Waals surface area (Å²) in [4.78, 5) is 12.7. The van der Waals surface area contributed by atoms with Gasteiger partial charge in [0.15, 0.2) is 5.76 Å². The van der Waals surface area contributed by atoms with E-state index in [-0.39, 0.29) is 24.3 Å². The molecule has 0 bridgehead atoms. The van der Waals surface area contributed by atoms with Crippen LogP contribution in [-0.4, -0.2) is 20.1 Å². The SMILES string of the molecule is COc1ccc(OC)c([C@@H](C)NC(=O)c2occc2COc2ccccc2)c1. The second-order valence-corrected chi connectivity index (χ2v) is 6.18. The monoisotopic (exact) mass is 381 g/mol. The van der Waals surface area contributed by atoms with Gasteiger partial charge in [0.2, 0.25) is 0 Å². The molecule has 0 aliphatic rings. The molecule has 1 heterocycles. The number of amides is 1. The zero-order valence-electron chi connectivity index (χ0n) is 16.1. The van der Waals surface area contributed by atoms with E-state index in [0.29, 0.717) is 17.1 Å². The number of para-hydroxylation sites is 1. The van der Waals surface area contributed by atoms with Crippen LogP contribution in [0.1, 0.15) is 34.6 Å². The first-order valence-electron chi connectivity index (χ1n) is 8.89. The number of benzene rings is 2. The van der Waals surface area contributed by atoms with Crippen LogP contribution in [0.4, 0.5) is 0 Å². The minimum Gasteiger partial charge on any atom is -0.497 e. The summed E-state index contributed by atoms with van der Waals surface area (Å²) in [6.45, 7) is 2.11. The average Bonchev–Trinajstić information content (AvgIpc) is 3.21. The third-order valence-corrected chi connectivity index (χ3v) is 4.34. The molecule has 3 aromatic rings. The van der Waals surface area contributed by atoms with E-state index in [1.165, 1.54) is 6.26 Å². The van der Waals surface area contributed by atoms with Crippen molar-refractivity contribution in [1.29, 1.82) is 0 Å². The summed E-state index contributed by atoms with van der Waals surface area (Å²) in [6.07, 6.45) is 1.48. The molecule has 0 aliphatic carbocycles. The Bertz CT molecular complexity index is 920. The van der Waals surface area contributed by atoms with Gasteiger partial charge in [-0.15, -0.1) is 0 Å². The van der Waals surface area contributed by atoms with Crippen molar-refractivity contribution in [2.24, 2.45) is 0 Å². The maximum absolute atomic E-state index is 12.7. The van der Waals surface area contributed by atoms with Crippen molar-refractivity contribution in [1.82, 2.24) is 5.32 Å². The fourth-order valence-electron chi connectivity index (χ4n) is 2.84. The van der Waals surface area contributed by atoms with Crippen LogP contribution in [0.15, 0.2) is 65.3 Å². The summed E-state index contributed by atoms with van der Waals surface area (Å²) in [6, 6.07) is 16.3. The van der Waals surface area contributed by atoms with Crippen LogP contribution in [0.3, 0.4) is 0 Å². The van der Waals surface area contributed by atoms with Crippen molar-refractivity contribution in [2.45, 2.75) is 19.6 Å². The van der Waals surface area contributed by atoms with Gasteiger partial charge in [-0.05, 0) is 43.3 Å². The van der Waals surface area contributed by atoms with Crippen molar-refractivity contribution in [3.05, 3.63) is 77.7 Å². The Morgan fingerprint density at radius 2 is 1.82 bits per heavy atom. The van der Waals surface area contributed by atoms with E-state index < -0.39 is 0 Å². The number of hydrogen-bond donors (Lipinski definition) is 1. The first-order chi connectivity index (χ1) is 13.6. The second kappa shape index (κ2) is 8.99. The summed E-state index contributed by atoms with van der Waals surface area (Å²) in [5, 5.41) is 2.94. The fraction of sp³-hybridized carbons (Fsp3) is 0.227. The largest absolute Gasteiger partial charge is 0.497 e. The molecule has 1 atom stereocenters. The Morgan fingerprint density at radius 1 is 1.04 bits per heavy atom. The van der Waals surface area contributed by atoms with E-state index >= 15 is 0 Å². The molecule has 3 rings (SSSR count). The predicted octanol–water partition coefficient (Wildman–Crippen LogP) is 4.37. The van der Waals surface area contributed by atoms with Crippen LogP contribution in [0.25, 0.3) is 0 Å². The van der Waals surface area contributed by atoms with Gasteiger partial charge in [-0.3, -0.25) is 4.79 Å². The third-order valence-electron chi connectivity index (χ3n) is 4.34. The first-order valence-corrected chi connectivity index (χ1v) is 8.89. The van der Waals surface area contributed by atoms with Crippen molar-refractivity contribution < 1.29 is 23.4 Å². The van der Waals surface area contributed by atoms with E-state index in [4.69, 9.17) is 18.6 Å². The Balaban J connectivity index is 1.71. The molecule has 6 heteroatoms. The molecule has 1 N–H and O–H groups in total. The number of methoxy groups -OCH3 is 2. The van der Waals surface area contributed by atoms with Crippen LogP contribution < -0.4 is 19.5 Å². The molecule has 0 aliphatic heterocycles. The highest BCUT2D eigenvalue weighted by Gasteiger charge is 2.20. The minimum atomic E-state index is -0.325. The lowest BCUT2D eigenvalue weighted by atomic mass is 10.1. The summed E-state index contributed by atoms with van der Waals surface area (Å²) in [5.41, 5.74) is 1.48. The molecule has 0 saturated heterocycles. The molecule has 0 unspecified atom stereocenters. The Kier molecular flexibility index (Phi) is 6.22. The van der Waals surface area contributed by atoms with Gasteiger partial charge in [0, 0.05) is 11.1 Å². The highest BCUT2D eigenvalue weighted by Crippen LogP contribution is 2.29. The van der Waals surface area contributed by atoms with Gasteiger partial charge in [-0.25, -0.2) is 0 Å². The maximum Gasteiger partial charge on any atom is 0.287 e. The van der Waals surface area contributed by atoms with Gasteiger partial charge in [-0.1, -0.05) is 18.2 Å². The van der Waals surface area contributed by atoms with Gasteiger partial charge < -0.3 is 23.9 Å². The molecule has 6 nitrogen and oxygen atoms in total. The van der Waals surface area contributed by atoms with Crippen LogP contribution >= 0.6 is 0 Å². The quantitative estimate of drug-likeness (QED) is 0.628. The number of ether oxygens (including phenoxy) is 3. The molecular formula is C22H23NO5. The van der Waals surface area contributed by atoms with Crippen LogP contribution in [-0.2, 0) is 6.61 Å². The van der Waals surface area contributed by atoms with E-state index in [0.717, 1.165) is 11.3 Å². The van der Waals surface area contributed by atoms with Gasteiger partial charge in [0.05, 0.1) is 26.5 Å². The molecule has 0 radical (unpaired) electrons. The predicted molar refractivity (Wildman–Crippen MR) is 105 cm³/mol. The fourth-order valence-corrected chi connectivity index (χ4v) is 2.84. The molecule has 0 spiro atoms. The van der Waals surface area contributed by atoms with Crippen molar-refractivity contribution in [3.63, 3.8) is 0 Å².